The molecule has 2 heteroatoms. The summed E-state index contributed by atoms with van der Waals surface area (Å²) in [6.45, 7) is 5.40. The molecule has 17 heavy (non-hydrogen) atoms. The number of likely N-dealkylation sites (N-methyl/N-ethyl adjacent to an activating group) is 1. The Bertz CT molecular complexity index is 603. The smallest absolute Gasteiger partial charge is 0.125 e. The van der Waals surface area contributed by atoms with Gasteiger partial charge in [-0.3, -0.25) is 0 Å². The Morgan fingerprint density at radius 2 is 2.12 bits per heavy atom. The summed E-state index contributed by atoms with van der Waals surface area (Å²) in [6.07, 6.45) is 0. The highest BCUT2D eigenvalue weighted by Gasteiger charge is 2.26. The van der Waals surface area contributed by atoms with Crippen LogP contribution in [-0.2, 0) is 0 Å². The van der Waals surface area contributed by atoms with Crippen LogP contribution in [-0.4, -0.2) is 18.7 Å². The number of phenolic OH excluding ortho intramolecular Hbond substituents is 1. The number of benzene rings is 2. The Morgan fingerprint density at radius 3 is 2.88 bits per heavy atom. The van der Waals surface area contributed by atoms with Crippen LogP contribution in [0.3, 0.4) is 0 Å². The number of rotatable bonds is 0. The van der Waals surface area contributed by atoms with Crippen molar-refractivity contribution in [2.24, 2.45) is 0 Å². The molecule has 1 aliphatic heterocycles. The molecule has 0 saturated heterocycles. The fraction of sp³-hybridized carbons (Fsp3) is 0.333. The maximum Gasteiger partial charge on any atom is 0.125 e. The predicted molar refractivity (Wildman–Crippen MR) is 72.0 cm³/mol. The molecule has 0 radical (unpaired) electrons. The molecule has 0 fully saturated rings. The van der Waals surface area contributed by atoms with Crippen molar-refractivity contribution in [1.82, 2.24) is 0 Å². The molecule has 3 rings (SSSR count). The zero-order valence-corrected chi connectivity index (χ0v) is 10.5. The average Bonchev–Trinajstić information content (AvgIpc) is 2.55. The van der Waals surface area contributed by atoms with Crippen LogP contribution in [0.1, 0.15) is 24.0 Å². The van der Waals surface area contributed by atoms with E-state index in [2.05, 4.69) is 31.9 Å². The van der Waals surface area contributed by atoms with Crippen molar-refractivity contribution in [2.45, 2.75) is 19.8 Å². The van der Waals surface area contributed by atoms with E-state index in [-0.39, 0.29) is 0 Å². The minimum atomic E-state index is 0.392. The molecular weight excluding hydrogens is 210 g/mol. The normalized spacial score (nSPS) is 18.8. The molecule has 2 aromatic carbocycles. The SMILES string of the molecule is Cc1cccc2c(O)cc3c(c12)C(C)CN3C. The van der Waals surface area contributed by atoms with Crippen molar-refractivity contribution < 1.29 is 5.11 Å². The van der Waals surface area contributed by atoms with Crippen LogP contribution >= 0.6 is 0 Å². The summed E-state index contributed by atoms with van der Waals surface area (Å²) in [5.41, 5.74) is 3.81. The summed E-state index contributed by atoms with van der Waals surface area (Å²) in [5.74, 6) is 0.919. The molecule has 88 valence electrons. The predicted octanol–water partition coefficient (Wildman–Crippen LogP) is 3.41. The summed E-state index contributed by atoms with van der Waals surface area (Å²) in [6, 6.07) is 8.03. The van der Waals surface area contributed by atoms with Crippen LogP contribution in [0.2, 0.25) is 0 Å². The van der Waals surface area contributed by atoms with Crippen LogP contribution in [0.25, 0.3) is 10.8 Å². The molecular formula is C15H17NO. The number of aromatic hydroxyl groups is 1. The number of fused-ring (bicyclic) bond motifs is 3. The molecule has 0 saturated carbocycles. The minimum Gasteiger partial charge on any atom is -0.507 e. The van der Waals surface area contributed by atoms with Crippen LogP contribution < -0.4 is 4.90 Å². The number of aryl methyl sites for hydroxylation is 1. The van der Waals surface area contributed by atoms with Gasteiger partial charge in [-0.2, -0.15) is 0 Å². The van der Waals surface area contributed by atoms with Gasteiger partial charge in [-0.05, 0) is 23.4 Å². The molecule has 2 aromatic rings. The number of anilines is 1. The van der Waals surface area contributed by atoms with E-state index in [4.69, 9.17) is 0 Å². The first-order chi connectivity index (χ1) is 8.09. The third-order valence-electron chi connectivity index (χ3n) is 3.82. The summed E-state index contributed by atoms with van der Waals surface area (Å²) in [7, 11) is 2.09. The lowest BCUT2D eigenvalue weighted by Crippen LogP contribution is -2.13. The Morgan fingerprint density at radius 1 is 1.35 bits per heavy atom. The van der Waals surface area contributed by atoms with Gasteiger partial charge in [0.05, 0.1) is 0 Å². The van der Waals surface area contributed by atoms with Crippen LogP contribution in [0.15, 0.2) is 24.3 Å². The summed E-state index contributed by atoms with van der Waals surface area (Å²) < 4.78 is 0. The fourth-order valence-electron chi connectivity index (χ4n) is 3.07. The summed E-state index contributed by atoms with van der Waals surface area (Å²) >= 11 is 0. The highest BCUT2D eigenvalue weighted by atomic mass is 16.3. The maximum atomic E-state index is 10.1. The van der Waals surface area contributed by atoms with Crippen LogP contribution in [0, 0.1) is 6.92 Å². The maximum absolute atomic E-state index is 10.1. The molecule has 1 atom stereocenters. The second-order valence-corrected chi connectivity index (χ2v) is 5.11. The van der Waals surface area contributed by atoms with Crippen molar-refractivity contribution in [3.05, 3.63) is 35.4 Å². The van der Waals surface area contributed by atoms with Gasteiger partial charge in [0.15, 0.2) is 0 Å². The minimum absolute atomic E-state index is 0.392. The molecule has 1 unspecified atom stereocenters. The van der Waals surface area contributed by atoms with E-state index >= 15 is 0 Å². The van der Waals surface area contributed by atoms with Crippen molar-refractivity contribution >= 4 is 16.5 Å². The van der Waals surface area contributed by atoms with Crippen molar-refractivity contribution in [3.8, 4) is 5.75 Å². The Hall–Kier alpha value is -1.70. The van der Waals surface area contributed by atoms with Crippen molar-refractivity contribution in [2.75, 3.05) is 18.5 Å². The largest absolute Gasteiger partial charge is 0.507 e. The monoisotopic (exact) mass is 227 g/mol. The summed E-state index contributed by atoms with van der Waals surface area (Å²) in [4.78, 5) is 2.23. The van der Waals surface area contributed by atoms with E-state index in [1.165, 1.54) is 22.2 Å². The molecule has 0 aliphatic carbocycles. The first kappa shape index (κ1) is 10.5. The quantitative estimate of drug-likeness (QED) is 0.745. The van der Waals surface area contributed by atoms with Gasteiger partial charge in [0.1, 0.15) is 5.75 Å². The first-order valence-electron chi connectivity index (χ1n) is 6.06. The van der Waals surface area contributed by atoms with E-state index in [9.17, 15) is 5.11 Å². The van der Waals surface area contributed by atoms with Gasteiger partial charge in [-0.15, -0.1) is 0 Å². The topological polar surface area (TPSA) is 23.5 Å². The molecule has 0 aromatic heterocycles. The Kier molecular flexibility index (Phi) is 2.09. The zero-order chi connectivity index (χ0) is 12.2. The lowest BCUT2D eigenvalue weighted by atomic mass is 9.93. The molecule has 1 heterocycles. The summed E-state index contributed by atoms with van der Waals surface area (Å²) in [5, 5.41) is 12.4. The second kappa shape index (κ2) is 3.39. The first-order valence-corrected chi connectivity index (χ1v) is 6.06. The molecule has 0 amide bonds. The molecule has 1 aliphatic rings. The van der Waals surface area contributed by atoms with Crippen LogP contribution in [0.4, 0.5) is 5.69 Å². The number of nitrogens with zero attached hydrogens (tertiary/aromatic N) is 1. The van der Waals surface area contributed by atoms with Crippen molar-refractivity contribution in [3.63, 3.8) is 0 Å². The fourth-order valence-corrected chi connectivity index (χ4v) is 3.07. The number of hydrogen-bond donors (Lipinski definition) is 1. The zero-order valence-electron chi connectivity index (χ0n) is 10.5. The van der Waals surface area contributed by atoms with E-state index in [1.54, 1.807) is 0 Å². The highest BCUT2D eigenvalue weighted by molar-refractivity contribution is 5.98. The average molecular weight is 227 g/mol. The third-order valence-corrected chi connectivity index (χ3v) is 3.82. The number of phenols is 1. The van der Waals surface area contributed by atoms with E-state index in [1.807, 2.05) is 18.2 Å². The van der Waals surface area contributed by atoms with E-state index < -0.39 is 0 Å². The Labute approximate surface area is 101 Å². The Balaban J connectivity index is 2.49. The standard InChI is InChI=1S/C15H17NO/c1-9-5-4-6-11-13(17)7-12-15(14(9)11)10(2)8-16(12)3/h4-7,10,17H,8H2,1-3H3. The van der Waals surface area contributed by atoms with Gasteiger partial charge in [0.25, 0.3) is 0 Å². The second-order valence-electron chi connectivity index (χ2n) is 5.11. The molecule has 0 bridgehead atoms. The molecule has 1 N–H and O–H groups in total. The lowest BCUT2D eigenvalue weighted by Gasteiger charge is -2.14. The van der Waals surface area contributed by atoms with Gasteiger partial charge in [0, 0.05) is 36.7 Å². The van der Waals surface area contributed by atoms with Crippen molar-refractivity contribution in [1.29, 1.82) is 0 Å². The van der Waals surface area contributed by atoms with Crippen LogP contribution in [0.5, 0.6) is 5.75 Å². The lowest BCUT2D eigenvalue weighted by molar-refractivity contribution is 0.481. The number of hydrogen-bond acceptors (Lipinski definition) is 2. The molecule has 0 spiro atoms. The van der Waals surface area contributed by atoms with E-state index in [0.717, 1.165) is 11.9 Å². The van der Waals surface area contributed by atoms with E-state index in [0.29, 0.717) is 11.7 Å². The van der Waals surface area contributed by atoms with Gasteiger partial charge in [-0.1, -0.05) is 25.1 Å². The van der Waals surface area contributed by atoms with Gasteiger partial charge in [0.2, 0.25) is 0 Å². The highest BCUT2D eigenvalue weighted by Crippen LogP contribution is 2.44. The van der Waals surface area contributed by atoms with Gasteiger partial charge < -0.3 is 10.0 Å². The molecule has 2 nitrogen and oxygen atoms in total. The third kappa shape index (κ3) is 1.33. The van der Waals surface area contributed by atoms with Gasteiger partial charge >= 0.3 is 0 Å². The van der Waals surface area contributed by atoms with Gasteiger partial charge in [-0.25, -0.2) is 0 Å².